The van der Waals surface area contributed by atoms with Gasteiger partial charge < -0.3 is 23.7 Å². The maximum atomic E-state index is 12.0. The summed E-state index contributed by atoms with van der Waals surface area (Å²) in [6, 6.07) is 2.97. The van der Waals surface area contributed by atoms with Crippen LogP contribution in [0.15, 0.2) is 24.3 Å². The Balaban J connectivity index is 2.78. The first-order valence-corrected chi connectivity index (χ1v) is 6.87. The highest BCUT2D eigenvalue weighted by atomic mass is 16.5. The SMILES string of the molecule is CCOC(=O)C=CCOC(=O)c1cc(OC)c(OC)c(OC)c1. The van der Waals surface area contributed by atoms with Crippen LogP contribution in [0, 0.1) is 0 Å². The summed E-state index contributed by atoms with van der Waals surface area (Å²) in [5.41, 5.74) is 0.240. The molecule has 1 aromatic rings. The number of ether oxygens (including phenoxy) is 5. The van der Waals surface area contributed by atoms with Crippen LogP contribution in [0.1, 0.15) is 17.3 Å². The Morgan fingerprint density at radius 1 is 1.00 bits per heavy atom. The monoisotopic (exact) mass is 324 g/mol. The van der Waals surface area contributed by atoms with Crippen LogP contribution >= 0.6 is 0 Å². The summed E-state index contributed by atoms with van der Waals surface area (Å²) in [4.78, 5) is 23.1. The Morgan fingerprint density at radius 2 is 1.61 bits per heavy atom. The summed E-state index contributed by atoms with van der Waals surface area (Å²) in [7, 11) is 4.38. The predicted octanol–water partition coefficient (Wildman–Crippen LogP) is 1.99. The molecule has 0 saturated heterocycles. The third-order valence-corrected chi connectivity index (χ3v) is 2.75. The lowest BCUT2D eigenvalue weighted by Crippen LogP contribution is -2.07. The highest BCUT2D eigenvalue weighted by Gasteiger charge is 2.17. The molecule has 1 aromatic carbocycles. The average Bonchev–Trinajstić information content (AvgIpc) is 2.57. The molecule has 7 nitrogen and oxygen atoms in total. The van der Waals surface area contributed by atoms with Crippen molar-refractivity contribution in [3.8, 4) is 17.2 Å². The quantitative estimate of drug-likeness (QED) is 0.534. The lowest BCUT2D eigenvalue weighted by Gasteiger charge is -2.13. The fraction of sp³-hybridized carbons (Fsp3) is 0.375. The van der Waals surface area contributed by atoms with E-state index >= 15 is 0 Å². The molecule has 0 aliphatic rings. The van der Waals surface area contributed by atoms with Crippen molar-refractivity contribution in [2.24, 2.45) is 0 Å². The second-order valence-electron chi connectivity index (χ2n) is 4.17. The van der Waals surface area contributed by atoms with Gasteiger partial charge in [0.25, 0.3) is 0 Å². The van der Waals surface area contributed by atoms with E-state index in [0.29, 0.717) is 17.2 Å². The second kappa shape index (κ2) is 9.34. The molecule has 1 rings (SSSR count). The minimum Gasteiger partial charge on any atom is -0.493 e. The third kappa shape index (κ3) is 5.21. The smallest absolute Gasteiger partial charge is 0.338 e. The number of hydrogen-bond donors (Lipinski definition) is 0. The van der Waals surface area contributed by atoms with E-state index in [2.05, 4.69) is 0 Å². The van der Waals surface area contributed by atoms with Gasteiger partial charge in [-0.25, -0.2) is 9.59 Å². The summed E-state index contributed by atoms with van der Waals surface area (Å²) in [6.07, 6.45) is 2.60. The summed E-state index contributed by atoms with van der Waals surface area (Å²) < 4.78 is 25.3. The van der Waals surface area contributed by atoms with Gasteiger partial charge in [0.2, 0.25) is 5.75 Å². The van der Waals surface area contributed by atoms with Gasteiger partial charge in [-0.1, -0.05) is 0 Å². The Labute approximate surface area is 134 Å². The van der Waals surface area contributed by atoms with Crippen LogP contribution in [-0.4, -0.2) is 46.5 Å². The van der Waals surface area contributed by atoms with Gasteiger partial charge >= 0.3 is 11.9 Å². The zero-order valence-electron chi connectivity index (χ0n) is 13.6. The van der Waals surface area contributed by atoms with Crippen LogP contribution in [0.3, 0.4) is 0 Å². The topological polar surface area (TPSA) is 80.3 Å². The molecule has 0 atom stereocenters. The van der Waals surface area contributed by atoms with Crippen molar-refractivity contribution in [2.45, 2.75) is 6.92 Å². The Bertz CT molecular complexity index is 553. The highest BCUT2D eigenvalue weighted by molar-refractivity contribution is 5.91. The van der Waals surface area contributed by atoms with Gasteiger partial charge in [0.05, 0.1) is 33.5 Å². The highest BCUT2D eigenvalue weighted by Crippen LogP contribution is 2.38. The number of carbonyl (C=O) groups excluding carboxylic acids is 2. The fourth-order valence-corrected chi connectivity index (χ4v) is 1.74. The molecule has 0 radical (unpaired) electrons. The minimum absolute atomic E-state index is 0.0612. The summed E-state index contributed by atoms with van der Waals surface area (Å²) in [5, 5.41) is 0. The molecule has 0 heterocycles. The molecule has 0 aliphatic carbocycles. The number of benzene rings is 1. The van der Waals surface area contributed by atoms with Crippen molar-refractivity contribution < 1.29 is 33.3 Å². The third-order valence-electron chi connectivity index (χ3n) is 2.75. The van der Waals surface area contributed by atoms with E-state index in [4.69, 9.17) is 23.7 Å². The average molecular weight is 324 g/mol. The first kappa shape index (κ1) is 18.3. The summed E-state index contributed by atoms with van der Waals surface area (Å²) >= 11 is 0. The number of esters is 2. The van der Waals surface area contributed by atoms with Crippen molar-refractivity contribution in [1.29, 1.82) is 0 Å². The number of rotatable bonds is 8. The molecule has 0 amide bonds. The molecule has 0 saturated carbocycles. The number of methoxy groups -OCH3 is 3. The van der Waals surface area contributed by atoms with Crippen molar-refractivity contribution in [2.75, 3.05) is 34.5 Å². The van der Waals surface area contributed by atoms with Gasteiger partial charge in [-0.3, -0.25) is 0 Å². The molecule has 0 fully saturated rings. The molecular formula is C16H20O7. The Hall–Kier alpha value is -2.70. The molecular weight excluding hydrogens is 304 g/mol. The maximum Gasteiger partial charge on any atom is 0.338 e. The van der Waals surface area contributed by atoms with Gasteiger partial charge in [0.15, 0.2) is 11.5 Å². The van der Waals surface area contributed by atoms with Crippen LogP contribution < -0.4 is 14.2 Å². The van der Waals surface area contributed by atoms with E-state index in [9.17, 15) is 9.59 Å². The van der Waals surface area contributed by atoms with Crippen LogP contribution in [0.25, 0.3) is 0 Å². The van der Waals surface area contributed by atoms with Crippen molar-refractivity contribution in [3.63, 3.8) is 0 Å². The van der Waals surface area contributed by atoms with Gasteiger partial charge in [0, 0.05) is 6.08 Å². The van der Waals surface area contributed by atoms with Crippen LogP contribution in [0.5, 0.6) is 17.2 Å². The molecule has 23 heavy (non-hydrogen) atoms. The van der Waals surface area contributed by atoms with Gasteiger partial charge in [-0.05, 0) is 25.1 Å². The van der Waals surface area contributed by atoms with Gasteiger partial charge in [0.1, 0.15) is 6.61 Å². The van der Waals surface area contributed by atoms with Crippen molar-refractivity contribution in [3.05, 3.63) is 29.8 Å². The van der Waals surface area contributed by atoms with Crippen molar-refractivity contribution >= 4 is 11.9 Å². The predicted molar refractivity (Wildman–Crippen MR) is 82.2 cm³/mol. The van der Waals surface area contributed by atoms with E-state index in [0.717, 1.165) is 0 Å². The molecule has 0 aliphatic heterocycles. The molecule has 0 N–H and O–H groups in total. The normalized spacial score (nSPS) is 10.3. The molecule has 7 heteroatoms. The lowest BCUT2D eigenvalue weighted by atomic mass is 10.2. The molecule has 0 unspecified atom stereocenters. The van der Waals surface area contributed by atoms with Gasteiger partial charge in [-0.15, -0.1) is 0 Å². The van der Waals surface area contributed by atoms with E-state index in [1.165, 1.54) is 45.6 Å². The molecule has 0 bridgehead atoms. The fourth-order valence-electron chi connectivity index (χ4n) is 1.74. The standard InChI is InChI=1S/C16H20O7/c1-5-22-14(17)7-6-8-23-16(18)11-9-12(19-2)15(21-4)13(10-11)20-3/h6-7,9-10H,5,8H2,1-4H3. The van der Waals surface area contributed by atoms with E-state index in [1.54, 1.807) is 6.92 Å². The van der Waals surface area contributed by atoms with Crippen LogP contribution in [0.2, 0.25) is 0 Å². The van der Waals surface area contributed by atoms with Crippen LogP contribution in [0.4, 0.5) is 0 Å². The molecule has 0 aromatic heterocycles. The van der Waals surface area contributed by atoms with E-state index in [1.807, 2.05) is 0 Å². The second-order valence-corrected chi connectivity index (χ2v) is 4.17. The minimum atomic E-state index is -0.585. The molecule has 126 valence electrons. The molecule has 0 spiro atoms. The van der Waals surface area contributed by atoms with E-state index in [-0.39, 0.29) is 18.8 Å². The zero-order chi connectivity index (χ0) is 17.2. The zero-order valence-corrected chi connectivity index (χ0v) is 13.6. The van der Waals surface area contributed by atoms with Crippen LogP contribution in [-0.2, 0) is 14.3 Å². The van der Waals surface area contributed by atoms with Crippen molar-refractivity contribution in [1.82, 2.24) is 0 Å². The Morgan fingerprint density at radius 3 is 2.09 bits per heavy atom. The van der Waals surface area contributed by atoms with E-state index < -0.39 is 11.9 Å². The lowest BCUT2D eigenvalue weighted by molar-refractivity contribution is -0.137. The number of carbonyl (C=O) groups is 2. The Kier molecular flexibility index (Phi) is 7.45. The first-order chi connectivity index (χ1) is 11.1. The summed E-state index contributed by atoms with van der Waals surface area (Å²) in [6.45, 7) is 1.93. The first-order valence-electron chi connectivity index (χ1n) is 6.87. The number of hydrogen-bond acceptors (Lipinski definition) is 7. The van der Waals surface area contributed by atoms with Gasteiger partial charge in [-0.2, -0.15) is 0 Å². The summed E-state index contributed by atoms with van der Waals surface area (Å²) in [5.74, 6) is 0.00425. The maximum absolute atomic E-state index is 12.0. The largest absolute Gasteiger partial charge is 0.493 e.